The quantitative estimate of drug-likeness (QED) is 0.625. The fourth-order valence-corrected chi connectivity index (χ4v) is 3.32. The van der Waals surface area contributed by atoms with Crippen LogP contribution in [0.4, 0.5) is 14.5 Å². The van der Waals surface area contributed by atoms with Gasteiger partial charge in [-0.3, -0.25) is 5.01 Å². The molecule has 4 rings (SSSR count). The molecular formula is C22H18F2N2O. The van der Waals surface area contributed by atoms with Crippen molar-refractivity contribution in [3.05, 3.63) is 95.6 Å². The van der Waals surface area contributed by atoms with E-state index in [9.17, 15) is 8.78 Å². The van der Waals surface area contributed by atoms with Gasteiger partial charge in [0.25, 0.3) is 0 Å². The third kappa shape index (κ3) is 3.28. The van der Waals surface area contributed by atoms with Crippen LogP contribution in [0.25, 0.3) is 0 Å². The van der Waals surface area contributed by atoms with Crippen LogP contribution in [0.3, 0.4) is 0 Å². The van der Waals surface area contributed by atoms with E-state index in [1.54, 1.807) is 48.5 Å². The monoisotopic (exact) mass is 364 g/mol. The maximum absolute atomic E-state index is 14.5. The summed E-state index contributed by atoms with van der Waals surface area (Å²) in [6, 6.07) is 20.1. The van der Waals surface area contributed by atoms with Crippen LogP contribution in [0.15, 0.2) is 77.9 Å². The summed E-state index contributed by atoms with van der Waals surface area (Å²) in [6.07, 6.45) is 0.474. The molecule has 1 aliphatic heterocycles. The molecule has 1 unspecified atom stereocenters. The number of nitrogens with zero attached hydrogens (tertiary/aromatic N) is 2. The molecule has 5 heteroatoms. The van der Waals surface area contributed by atoms with E-state index in [0.29, 0.717) is 17.7 Å². The Morgan fingerprint density at radius 2 is 1.56 bits per heavy atom. The molecule has 1 heterocycles. The van der Waals surface area contributed by atoms with Crippen LogP contribution >= 0.6 is 0 Å². The summed E-state index contributed by atoms with van der Waals surface area (Å²) >= 11 is 0. The van der Waals surface area contributed by atoms with Crippen molar-refractivity contribution in [2.45, 2.75) is 12.5 Å². The first-order valence-corrected chi connectivity index (χ1v) is 8.67. The first-order valence-electron chi connectivity index (χ1n) is 8.67. The minimum atomic E-state index is -0.416. The van der Waals surface area contributed by atoms with Crippen LogP contribution in [-0.2, 0) is 0 Å². The van der Waals surface area contributed by atoms with Gasteiger partial charge in [-0.25, -0.2) is 8.78 Å². The van der Waals surface area contributed by atoms with E-state index in [2.05, 4.69) is 5.10 Å². The molecule has 0 aliphatic carbocycles. The Labute approximate surface area is 156 Å². The molecule has 3 aromatic rings. The van der Waals surface area contributed by atoms with Crippen LogP contribution in [-0.4, -0.2) is 12.8 Å². The minimum Gasteiger partial charge on any atom is -0.497 e. The number of halogens is 2. The molecule has 136 valence electrons. The van der Waals surface area contributed by atoms with Gasteiger partial charge in [-0.15, -0.1) is 0 Å². The van der Waals surface area contributed by atoms with Gasteiger partial charge in [-0.1, -0.05) is 30.3 Å². The molecule has 3 nitrogen and oxygen atoms in total. The predicted molar refractivity (Wildman–Crippen MR) is 102 cm³/mol. The molecule has 0 amide bonds. The number of anilines is 1. The SMILES string of the molecule is COc1ccc(C2=NN(c3ccccc3F)C(c3ccccc3F)C2)cc1. The largest absolute Gasteiger partial charge is 0.497 e. The van der Waals surface area contributed by atoms with Gasteiger partial charge in [0.05, 0.1) is 24.6 Å². The molecule has 0 aromatic heterocycles. The summed E-state index contributed by atoms with van der Waals surface area (Å²) in [5.74, 6) is 0.0301. The fourth-order valence-electron chi connectivity index (χ4n) is 3.32. The topological polar surface area (TPSA) is 24.8 Å². The van der Waals surface area contributed by atoms with Crippen molar-refractivity contribution in [1.82, 2.24) is 0 Å². The Kier molecular flexibility index (Phi) is 4.59. The van der Waals surface area contributed by atoms with Crippen LogP contribution < -0.4 is 9.75 Å². The maximum Gasteiger partial charge on any atom is 0.148 e. The second-order valence-corrected chi connectivity index (χ2v) is 6.31. The highest BCUT2D eigenvalue weighted by Crippen LogP contribution is 2.38. The third-order valence-electron chi connectivity index (χ3n) is 4.70. The van der Waals surface area contributed by atoms with Crippen molar-refractivity contribution >= 4 is 11.4 Å². The molecule has 27 heavy (non-hydrogen) atoms. The van der Waals surface area contributed by atoms with Crippen molar-refractivity contribution in [1.29, 1.82) is 0 Å². The lowest BCUT2D eigenvalue weighted by Crippen LogP contribution is -2.20. The molecule has 3 aromatic carbocycles. The van der Waals surface area contributed by atoms with Crippen molar-refractivity contribution in [2.75, 3.05) is 12.1 Å². The lowest BCUT2D eigenvalue weighted by molar-refractivity contribution is 0.415. The highest BCUT2D eigenvalue weighted by Gasteiger charge is 2.32. The summed E-state index contributed by atoms with van der Waals surface area (Å²) in [5, 5.41) is 6.22. The molecule has 0 bridgehead atoms. The zero-order valence-electron chi connectivity index (χ0n) is 14.8. The van der Waals surface area contributed by atoms with Crippen molar-refractivity contribution in [2.24, 2.45) is 5.10 Å². The second-order valence-electron chi connectivity index (χ2n) is 6.31. The van der Waals surface area contributed by atoms with Crippen molar-refractivity contribution in [3.8, 4) is 5.75 Å². The number of ether oxygens (including phenoxy) is 1. The number of benzene rings is 3. The number of rotatable bonds is 4. The summed E-state index contributed by atoms with van der Waals surface area (Å²) < 4.78 is 34.1. The van der Waals surface area contributed by atoms with Gasteiger partial charge in [0.1, 0.15) is 17.4 Å². The molecule has 0 spiro atoms. The molecular weight excluding hydrogens is 346 g/mol. The van der Waals surface area contributed by atoms with Crippen LogP contribution in [0, 0.1) is 11.6 Å². The van der Waals surface area contributed by atoms with E-state index in [1.165, 1.54) is 12.1 Å². The van der Waals surface area contributed by atoms with Gasteiger partial charge in [0.2, 0.25) is 0 Å². The van der Waals surface area contributed by atoms with E-state index in [1.807, 2.05) is 24.3 Å². The van der Waals surface area contributed by atoms with E-state index in [-0.39, 0.29) is 5.82 Å². The van der Waals surface area contributed by atoms with E-state index >= 15 is 0 Å². The Hall–Kier alpha value is -3.21. The van der Waals surface area contributed by atoms with Crippen molar-refractivity contribution in [3.63, 3.8) is 0 Å². The van der Waals surface area contributed by atoms with Gasteiger partial charge in [-0.2, -0.15) is 5.10 Å². The Morgan fingerprint density at radius 3 is 2.22 bits per heavy atom. The van der Waals surface area contributed by atoms with Crippen LogP contribution in [0.1, 0.15) is 23.6 Å². The van der Waals surface area contributed by atoms with Gasteiger partial charge >= 0.3 is 0 Å². The molecule has 0 saturated carbocycles. The fraction of sp³-hybridized carbons (Fsp3) is 0.136. The summed E-state index contributed by atoms with van der Waals surface area (Å²) in [4.78, 5) is 0. The Bertz CT molecular complexity index is 986. The zero-order valence-corrected chi connectivity index (χ0v) is 14.8. The summed E-state index contributed by atoms with van der Waals surface area (Å²) in [5.41, 5.74) is 2.49. The summed E-state index contributed by atoms with van der Waals surface area (Å²) in [6.45, 7) is 0. The lowest BCUT2D eigenvalue weighted by Gasteiger charge is -2.24. The highest BCUT2D eigenvalue weighted by atomic mass is 19.1. The molecule has 0 fully saturated rings. The van der Waals surface area contributed by atoms with Gasteiger partial charge in [0.15, 0.2) is 0 Å². The van der Waals surface area contributed by atoms with Crippen LogP contribution in [0.5, 0.6) is 5.75 Å². The molecule has 1 aliphatic rings. The summed E-state index contributed by atoms with van der Waals surface area (Å²) in [7, 11) is 1.61. The normalized spacial score (nSPS) is 16.3. The van der Waals surface area contributed by atoms with E-state index in [0.717, 1.165) is 17.0 Å². The Morgan fingerprint density at radius 1 is 0.889 bits per heavy atom. The molecule has 1 atom stereocenters. The number of hydrazone groups is 1. The average Bonchev–Trinajstić information content (AvgIpc) is 3.13. The minimum absolute atomic E-state index is 0.324. The smallest absolute Gasteiger partial charge is 0.148 e. The number of hydrogen-bond acceptors (Lipinski definition) is 3. The van der Waals surface area contributed by atoms with Crippen molar-refractivity contribution < 1.29 is 13.5 Å². The third-order valence-corrected chi connectivity index (χ3v) is 4.70. The Balaban J connectivity index is 1.77. The van der Waals surface area contributed by atoms with Gasteiger partial charge < -0.3 is 4.74 Å². The highest BCUT2D eigenvalue weighted by molar-refractivity contribution is 6.03. The standard InChI is InChI=1S/C22H18F2N2O/c1-27-16-12-10-15(11-13-16)20-14-22(17-6-2-3-7-18(17)23)26(25-20)21-9-5-4-8-19(21)24/h2-13,22H,14H2,1H3. The lowest BCUT2D eigenvalue weighted by atomic mass is 9.97. The van der Waals surface area contributed by atoms with Gasteiger partial charge in [0, 0.05) is 12.0 Å². The average molecular weight is 364 g/mol. The number of para-hydroxylation sites is 1. The van der Waals surface area contributed by atoms with E-state index < -0.39 is 11.9 Å². The number of methoxy groups -OCH3 is 1. The zero-order chi connectivity index (χ0) is 18.8. The first-order chi connectivity index (χ1) is 13.2. The molecule has 0 radical (unpaired) electrons. The van der Waals surface area contributed by atoms with Crippen LogP contribution in [0.2, 0.25) is 0 Å². The number of hydrogen-bond donors (Lipinski definition) is 0. The van der Waals surface area contributed by atoms with E-state index in [4.69, 9.17) is 4.74 Å². The maximum atomic E-state index is 14.5. The predicted octanol–water partition coefficient (Wildman–Crippen LogP) is 5.33. The molecule has 0 saturated heterocycles. The molecule has 0 N–H and O–H groups in total. The second kappa shape index (κ2) is 7.19. The first kappa shape index (κ1) is 17.2. The van der Waals surface area contributed by atoms with Gasteiger partial charge in [-0.05, 0) is 48.0 Å².